The quantitative estimate of drug-likeness (QED) is 0.916. The number of hydrogen-bond acceptors (Lipinski definition) is 4. The SMILES string of the molecule is CN(C)c1cccc(C(=O)N2CCCC2CC(O)c2ccco2)c1. The normalized spacial score (nSPS) is 18.6. The summed E-state index contributed by atoms with van der Waals surface area (Å²) in [6.07, 6.45) is 3.27. The number of furan rings is 1. The van der Waals surface area contributed by atoms with E-state index in [1.165, 1.54) is 0 Å². The fraction of sp³-hybridized carbons (Fsp3) is 0.421. The van der Waals surface area contributed by atoms with Gasteiger partial charge in [0.25, 0.3) is 5.91 Å². The lowest BCUT2D eigenvalue weighted by Crippen LogP contribution is -2.36. The van der Waals surface area contributed by atoms with Gasteiger partial charge in [0.1, 0.15) is 11.9 Å². The van der Waals surface area contributed by atoms with Crippen molar-refractivity contribution >= 4 is 11.6 Å². The number of benzene rings is 1. The molecule has 1 aromatic heterocycles. The van der Waals surface area contributed by atoms with Crippen LogP contribution in [0.1, 0.15) is 41.5 Å². The lowest BCUT2D eigenvalue weighted by molar-refractivity contribution is 0.0641. The zero-order chi connectivity index (χ0) is 17.1. The smallest absolute Gasteiger partial charge is 0.254 e. The Balaban J connectivity index is 1.73. The molecular formula is C19H24N2O3. The highest BCUT2D eigenvalue weighted by Crippen LogP contribution is 2.29. The third-order valence-electron chi connectivity index (χ3n) is 4.61. The van der Waals surface area contributed by atoms with Crippen LogP contribution in [0.3, 0.4) is 0 Å². The molecular weight excluding hydrogens is 304 g/mol. The molecule has 1 N–H and O–H groups in total. The molecule has 1 aliphatic rings. The Hall–Kier alpha value is -2.27. The van der Waals surface area contributed by atoms with Crippen LogP contribution >= 0.6 is 0 Å². The van der Waals surface area contributed by atoms with Gasteiger partial charge in [0.05, 0.1) is 6.26 Å². The maximum atomic E-state index is 12.9. The number of amides is 1. The van der Waals surface area contributed by atoms with Crippen LogP contribution in [0.5, 0.6) is 0 Å². The summed E-state index contributed by atoms with van der Waals surface area (Å²) in [7, 11) is 3.92. The minimum absolute atomic E-state index is 0.0350. The predicted octanol–water partition coefficient (Wildman–Crippen LogP) is 3.07. The van der Waals surface area contributed by atoms with Crippen molar-refractivity contribution in [2.75, 3.05) is 25.5 Å². The Bertz CT molecular complexity index is 682. The van der Waals surface area contributed by atoms with Crippen LogP contribution in [-0.4, -0.2) is 42.6 Å². The van der Waals surface area contributed by atoms with E-state index >= 15 is 0 Å². The van der Waals surface area contributed by atoms with Gasteiger partial charge >= 0.3 is 0 Å². The molecule has 2 heterocycles. The van der Waals surface area contributed by atoms with Crippen molar-refractivity contribution in [2.24, 2.45) is 0 Å². The van der Waals surface area contributed by atoms with E-state index < -0.39 is 6.10 Å². The van der Waals surface area contributed by atoms with Crippen molar-refractivity contribution < 1.29 is 14.3 Å². The molecule has 2 atom stereocenters. The predicted molar refractivity (Wildman–Crippen MR) is 93.1 cm³/mol. The molecule has 1 fully saturated rings. The van der Waals surface area contributed by atoms with Crippen LogP contribution in [0.25, 0.3) is 0 Å². The summed E-state index contributed by atoms with van der Waals surface area (Å²) in [6, 6.07) is 11.2. The van der Waals surface area contributed by atoms with E-state index in [0.29, 0.717) is 17.7 Å². The van der Waals surface area contributed by atoms with E-state index in [1.54, 1.807) is 18.4 Å². The Labute approximate surface area is 142 Å². The van der Waals surface area contributed by atoms with E-state index in [1.807, 2.05) is 48.2 Å². The molecule has 5 nitrogen and oxygen atoms in total. The fourth-order valence-electron chi connectivity index (χ4n) is 3.29. The fourth-order valence-corrected chi connectivity index (χ4v) is 3.29. The molecule has 0 radical (unpaired) electrons. The highest BCUT2D eigenvalue weighted by molar-refractivity contribution is 5.95. The molecule has 1 amide bonds. The van der Waals surface area contributed by atoms with Crippen molar-refractivity contribution in [1.29, 1.82) is 0 Å². The van der Waals surface area contributed by atoms with Gasteiger partial charge in [0.15, 0.2) is 0 Å². The summed E-state index contributed by atoms with van der Waals surface area (Å²) < 4.78 is 5.27. The van der Waals surface area contributed by atoms with Gasteiger partial charge in [0.2, 0.25) is 0 Å². The summed E-state index contributed by atoms with van der Waals surface area (Å²) in [4.78, 5) is 16.8. The minimum atomic E-state index is -0.675. The summed E-state index contributed by atoms with van der Waals surface area (Å²) in [5.41, 5.74) is 1.70. The van der Waals surface area contributed by atoms with Gasteiger partial charge in [-0.2, -0.15) is 0 Å². The molecule has 0 spiro atoms. The summed E-state index contributed by atoms with van der Waals surface area (Å²) in [5.74, 6) is 0.594. The third kappa shape index (κ3) is 3.46. The monoisotopic (exact) mass is 328 g/mol. The molecule has 5 heteroatoms. The highest BCUT2D eigenvalue weighted by Gasteiger charge is 2.31. The van der Waals surface area contributed by atoms with Gasteiger partial charge in [-0.05, 0) is 43.2 Å². The summed E-state index contributed by atoms with van der Waals surface area (Å²) in [5, 5.41) is 10.3. The number of nitrogens with zero attached hydrogens (tertiary/aromatic N) is 2. The molecule has 2 aromatic rings. The van der Waals surface area contributed by atoms with Gasteiger partial charge in [-0.25, -0.2) is 0 Å². The lowest BCUT2D eigenvalue weighted by atomic mass is 10.0. The molecule has 0 saturated carbocycles. The van der Waals surface area contributed by atoms with Crippen LogP contribution < -0.4 is 4.90 Å². The van der Waals surface area contributed by atoms with Crippen LogP contribution in [0.2, 0.25) is 0 Å². The number of anilines is 1. The van der Waals surface area contributed by atoms with Crippen LogP contribution in [0.15, 0.2) is 47.1 Å². The topological polar surface area (TPSA) is 56.9 Å². The van der Waals surface area contributed by atoms with Crippen molar-refractivity contribution in [1.82, 2.24) is 4.90 Å². The zero-order valence-electron chi connectivity index (χ0n) is 14.2. The van der Waals surface area contributed by atoms with Crippen molar-refractivity contribution in [3.05, 3.63) is 54.0 Å². The second kappa shape index (κ2) is 7.09. The van der Waals surface area contributed by atoms with E-state index in [-0.39, 0.29) is 11.9 Å². The first kappa shape index (κ1) is 16.6. The Morgan fingerprint density at radius 2 is 2.21 bits per heavy atom. The Morgan fingerprint density at radius 1 is 1.38 bits per heavy atom. The number of carbonyl (C=O) groups excluding carboxylic acids is 1. The van der Waals surface area contributed by atoms with Crippen molar-refractivity contribution in [2.45, 2.75) is 31.4 Å². The first-order valence-corrected chi connectivity index (χ1v) is 8.36. The van der Waals surface area contributed by atoms with Gasteiger partial charge < -0.3 is 19.3 Å². The molecule has 0 aliphatic carbocycles. The van der Waals surface area contributed by atoms with E-state index in [4.69, 9.17) is 4.42 Å². The molecule has 2 unspecified atom stereocenters. The maximum absolute atomic E-state index is 12.9. The molecule has 3 rings (SSSR count). The average Bonchev–Trinajstić information content (AvgIpc) is 3.26. The zero-order valence-corrected chi connectivity index (χ0v) is 14.2. The number of aliphatic hydroxyl groups excluding tert-OH is 1. The Kier molecular flexibility index (Phi) is 4.90. The van der Waals surface area contributed by atoms with Crippen LogP contribution in [0, 0.1) is 0 Å². The molecule has 128 valence electrons. The number of carbonyl (C=O) groups is 1. The first-order chi connectivity index (χ1) is 11.6. The summed E-state index contributed by atoms with van der Waals surface area (Å²) >= 11 is 0. The Morgan fingerprint density at radius 3 is 2.92 bits per heavy atom. The molecule has 0 bridgehead atoms. The number of likely N-dealkylation sites (tertiary alicyclic amines) is 1. The number of aliphatic hydroxyl groups is 1. The van der Waals surface area contributed by atoms with E-state index in [0.717, 1.165) is 25.1 Å². The number of hydrogen-bond donors (Lipinski definition) is 1. The molecule has 1 aliphatic heterocycles. The molecule has 1 aromatic carbocycles. The average molecular weight is 328 g/mol. The maximum Gasteiger partial charge on any atom is 0.254 e. The minimum Gasteiger partial charge on any atom is -0.467 e. The van der Waals surface area contributed by atoms with Crippen LogP contribution in [-0.2, 0) is 0 Å². The standard InChI is InChI=1S/C19H24N2O3/c1-20(2)15-7-3-6-14(12-15)19(23)21-10-4-8-16(21)13-17(22)18-9-5-11-24-18/h3,5-7,9,11-12,16-17,22H,4,8,10,13H2,1-2H3. The number of rotatable bonds is 5. The second-order valence-electron chi connectivity index (χ2n) is 6.51. The second-order valence-corrected chi connectivity index (χ2v) is 6.51. The van der Waals surface area contributed by atoms with Crippen molar-refractivity contribution in [3.8, 4) is 0 Å². The van der Waals surface area contributed by atoms with Crippen molar-refractivity contribution in [3.63, 3.8) is 0 Å². The first-order valence-electron chi connectivity index (χ1n) is 8.36. The highest BCUT2D eigenvalue weighted by atomic mass is 16.4. The summed E-state index contributed by atoms with van der Waals surface area (Å²) in [6.45, 7) is 0.737. The van der Waals surface area contributed by atoms with Crippen LogP contribution in [0.4, 0.5) is 5.69 Å². The van der Waals surface area contributed by atoms with Gasteiger partial charge in [-0.1, -0.05) is 6.07 Å². The van der Waals surface area contributed by atoms with E-state index in [2.05, 4.69) is 0 Å². The molecule has 24 heavy (non-hydrogen) atoms. The van der Waals surface area contributed by atoms with E-state index in [9.17, 15) is 9.90 Å². The van der Waals surface area contributed by atoms with Gasteiger partial charge in [-0.3, -0.25) is 4.79 Å². The lowest BCUT2D eigenvalue weighted by Gasteiger charge is -2.26. The molecule has 1 saturated heterocycles. The van der Waals surface area contributed by atoms with Gasteiger partial charge in [-0.15, -0.1) is 0 Å². The third-order valence-corrected chi connectivity index (χ3v) is 4.61. The largest absolute Gasteiger partial charge is 0.467 e. The van der Waals surface area contributed by atoms with Gasteiger partial charge in [0, 0.05) is 44.4 Å².